The molecular formula is C16H21N5O2S. The van der Waals surface area contributed by atoms with Crippen LogP contribution in [0.25, 0.3) is 11.0 Å². The Hall–Kier alpha value is -2.19. The molecule has 0 amide bonds. The van der Waals surface area contributed by atoms with Gasteiger partial charge in [-0.15, -0.1) is 0 Å². The summed E-state index contributed by atoms with van der Waals surface area (Å²) in [7, 11) is -1.43. The van der Waals surface area contributed by atoms with Gasteiger partial charge in [-0.2, -0.15) is 10.2 Å². The fourth-order valence-corrected chi connectivity index (χ4v) is 3.97. The largest absolute Gasteiger partial charge is 0.264 e. The maximum Gasteiger partial charge on any atom is 0.215 e. The normalized spacial score (nSPS) is 12.1. The van der Waals surface area contributed by atoms with Crippen LogP contribution in [0.2, 0.25) is 0 Å². The lowest BCUT2D eigenvalue weighted by Gasteiger charge is -2.07. The lowest BCUT2D eigenvalue weighted by Crippen LogP contribution is -2.27. The standard InChI is InChI=1S/C16H21N5O2S/c1-13-16-15(20(2)19-13)11-17-21(16)10-6-9-18-24(22,23)12-14-7-4-3-5-8-14/h3-5,7-8,11,18H,6,9-10,12H2,1-2H3. The number of nitrogens with zero attached hydrogens (tertiary/aromatic N) is 4. The minimum absolute atomic E-state index is 0.00156. The van der Waals surface area contributed by atoms with Gasteiger partial charge in [-0.05, 0) is 18.9 Å². The summed E-state index contributed by atoms with van der Waals surface area (Å²) in [5.74, 6) is 0.00156. The molecule has 0 spiro atoms. The van der Waals surface area contributed by atoms with Crippen molar-refractivity contribution in [2.75, 3.05) is 6.54 Å². The van der Waals surface area contributed by atoms with Crippen molar-refractivity contribution in [2.24, 2.45) is 7.05 Å². The highest BCUT2D eigenvalue weighted by atomic mass is 32.2. The van der Waals surface area contributed by atoms with Crippen molar-refractivity contribution in [3.63, 3.8) is 0 Å². The van der Waals surface area contributed by atoms with Gasteiger partial charge in [-0.25, -0.2) is 13.1 Å². The summed E-state index contributed by atoms with van der Waals surface area (Å²) in [6.07, 6.45) is 2.45. The van der Waals surface area contributed by atoms with Crippen molar-refractivity contribution in [3.05, 3.63) is 47.8 Å². The van der Waals surface area contributed by atoms with Crippen LogP contribution in [0.1, 0.15) is 17.7 Å². The van der Waals surface area contributed by atoms with Gasteiger partial charge in [-0.3, -0.25) is 9.36 Å². The van der Waals surface area contributed by atoms with Gasteiger partial charge in [0.15, 0.2) is 0 Å². The zero-order valence-electron chi connectivity index (χ0n) is 13.8. The van der Waals surface area contributed by atoms with E-state index in [1.165, 1.54) is 0 Å². The molecule has 0 unspecified atom stereocenters. The first-order chi connectivity index (χ1) is 11.5. The van der Waals surface area contributed by atoms with E-state index >= 15 is 0 Å². The van der Waals surface area contributed by atoms with E-state index in [-0.39, 0.29) is 5.75 Å². The quantitative estimate of drug-likeness (QED) is 0.658. The van der Waals surface area contributed by atoms with E-state index < -0.39 is 10.0 Å². The van der Waals surface area contributed by atoms with Crippen LogP contribution in [0.5, 0.6) is 0 Å². The molecule has 1 aromatic carbocycles. The first-order valence-electron chi connectivity index (χ1n) is 7.83. The molecule has 0 bridgehead atoms. The Morgan fingerprint density at radius 3 is 2.71 bits per heavy atom. The highest BCUT2D eigenvalue weighted by Gasteiger charge is 2.13. The Morgan fingerprint density at radius 1 is 1.21 bits per heavy atom. The van der Waals surface area contributed by atoms with Gasteiger partial charge >= 0.3 is 0 Å². The van der Waals surface area contributed by atoms with E-state index in [0.29, 0.717) is 19.5 Å². The third-order valence-corrected chi connectivity index (χ3v) is 5.24. The fraction of sp³-hybridized carbons (Fsp3) is 0.375. The molecule has 3 rings (SSSR count). The highest BCUT2D eigenvalue weighted by Crippen LogP contribution is 2.16. The molecule has 2 heterocycles. The molecule has 2 aromatic heterocycles. The third kappa shape index (κ3) is 3.65. The monoisotopic (exact) mass is 347 g/mol. The second-order valence-corrected chi connectivity index (χ2v) is 7.61. The molecule has 0 fully saturated rings. The number of aromatic nitrogens is 4. The van der Waals surface area contributed by atoms with Crippen LogP contribution in [-0.4, -0.2) is 34.5 Å². The van der Waals surface area contributed by atoms with Gasteiger partial charge in [-0.1, -0.05) is 30.3 Å². The Balaban J connectivity index is 1.54. The van der Waals surface area contributed by atoms with Crippen LogP contribution >= 0.6 is 0 Å². The summed E-state index contributed by atoms with van der Waals surface area (Å²) in [4.78, 5) is 0. The minimum Gasteiger partial charge on any atom is -0.264 e. The summed E-state index contributed by atoms with van der Waals surface area (Å²) in [6.45, 7) is 2.98. The Bertz CT molecular complexity index is 928. The first-order valence-corrected chi connectivity index (χ1v) is 9.48. The van der Waals surface area contributed by atoms with Crippen molar-refractivity contribution in [3.8, 4) is 0 Å². The summed E-state index contributed by atoms with van der Waals surface area (Å²) in [5, 5.41) is 8.73. The fourth-order valence-electron chi connectivity index (χ4n) is 2.78. The molecule has 0 saturated heterocycles. The number of hydrogen-bond donors (Lipinski definition) is 1. The zero-order valence-corrected chi connectivity index (χ0v) is 14.6. The van der Waals surface area contributed by atoms with Gasteiger partial charge in [0, 0.05) is 20.1 Å². The second kappa shape index (κ2) is 6.74. The average molecular weight is 347 g/mol. The predicted octanol–water partition coefficient (Wildman–Crippen LogP) is 1.59. The molecule has 128 valence electrons. The van der Waals surface area contributed by atoms with E-state index in [0.717, 1.165) is 22.3 Å². The van der Waals surface area contributed by atoms with Crippen molar-refractivity contribution in [2.45, 2.75) is 25.6 Å². The number of fused-ring (bicyclic) bond motifs is 1. The van der Waals surface area contributed by atoms with Crippen molar-refractivity contribution < 1.29 is 8.42 Å². The zero-order chi connectivity index (χ0) is 17.2. The number of sulfonamides is 1. The van der Waals surface area contributed by atoms with Crippen molar-refractivity contribution in [1.82, 2.24) is 24.3 Å². The van der Waals surface area contributed by atoms with Gasteiger partial charge in [0.25, 0.3) is 0 Å². The van der Waals surface area contributed by atoms with Crippen LogP contribution in [0.4, 0.5) is 0 Å². The summed E-state index contributed by atoms with van der Waals surface area (Å²) in [5.41, 5.74) is 3.70. The van der Waals surface area contributed by atoms with Gasteiger partial charge in [0.05, 0.1) is 17.6 Å². The lowest BCUT2D eigenvalue weighted by atomic mass is 10.2. The van der Waals surface area contributed by atoms with E-state index in [4.69, 9.17) is 0 Å². The SMILES string of the molecule is Cc1nn(C)c2cnn(CCCNS(=O)(=O)Cc3ccccc3)c12. The van der Waals surface area contributed by atoms with E-state index in [1.54, 1.807) is 10.9 Å². The number of nitrogens with one attached hydrogen (secondary N) is 1. The number of hydrogen-bond acceptors (Lipinski definition) is 4. The van der Waals surface area contributed by atoms with Gasteiger partial charge in [0.2, 0.25) is 10.0 Å². The molecule has 7 nitrogen and oxygen atoms in total. The van der Waals surface area contributed by atoms with Crippen molar-refractivity contribution >= 4 is 21.1 Å². The molecule has 24 heavy (non-hydrogen) atoms. The number of rotatable bonds is 7. The van der Waals surface area contributed by atoms with Gasteiger partial charge in [0.1, 0.15) is 11.0 Å². The first kappa shape index (κ1) is 16.7. The Labute approximate surface area is 141 Å². The maximum absolute atomic E-state index is 12.1. The highest BCUT2D eigenvalue weighted by molar-refractivity contribution is 7.88. The van der Waals surface area contributed by atoms with Crippen LogP contribution in [-0.2, 0) is 29.4 Å². The Kier molecular flexibility index (Phi) is 4.68. The van der Waals surface area contributed by atoms with E-state index in [9.17, 15) is 8.42 Å². The third-order valence-electron chi connectivity index (χ3n) is 3.88. The molecule has 0 aliphatic carbocycles. The van der Waals surface area contributed by atoms with Crippen LogP contribution in [0, 0.1) is 6.92 Å². The van der Waals surface area contributed by atoms with Crippen LogP contribution in [0.3, 0.4) is 0 Å². The van der Waals surface area contributed by atoms with Crippen LogP contribution in [0.15, 0.2) is 36.5 Å². The van der Waals surface area contributed by atoms with E-state index in [2.05, 4.69) is 14.9 Å². The molecule has 0 aliphatic heterocycles. The molecule has 0 aliphatic rings. The second-order valence-electron chi connectivity index (χ2n) is 5.80. The predicted molar refractivity (Wildman–Crippen MR) is 92.9 cm³/mol. The molecule has 0 saturated carbocycles. The lowest BCUT2D eigenvalue weighted by molar-refractivity contribution is 0.559. The molecule has 0 atom stereocenters. The van der Waals surface area contributed by atoms with Crippen molar-refractivity contribution in [1.29, 1.82) is 0 Å². The number of aryl methyl sites for hydroxylation is 3. The molecule has 8 heteroatoms. The number of benzene rings is 1. The topological polar surface area (TPSA) is 81.8 Å². The maximum atomic E-state index is 12.1. The summed E-state index contributed by atoms with van der Waals surface area (Å²) < 4.78 is 30.5. The Morgan fingerprint density at radius 2 is 1.96 bits per heavy atom. The summed E-state index contributed by atoms with van der Waals surface area (Å²) >= 11 is 0. The van der Waals surface area contributed by atoms with Gasteiger partial charge < -0.3 is 0 Å². The van der Waals surface area contributed by atoms with E-state index in [1.807, 2.05) is 49.0 Å². The molecular weight excluding hydrogens is 326 g/mol. The molecule has 3 aromatic rings. The minimum atomic E-state index is -3.32. The summed E-state index contributed by atoms with van der Waals surface area (Å²) in [6, 6.07) is 9.17. The molecule has 1 N–H and O–H groups in total. The molecule has 0 radical (unpaired) electrons. The smallest absolute Gasteiger partial charge is 0.215 e. The average Bonchev–Trinajstić information content (AvgIpc) is 3.07. The van der Waals surface area contributed by atoms with Crippen LogP contribution < -0.4 is 4.72 Å².